The molecule has 1 saturated heterocycles. The molecule has 1 N–H and O–H groups in total. The van der Waals surface area contributed by atoms with Crippen LogP contribution in [-0.2, 0) is 16.4 Å². The Labute approximate surface area is 176 Å². The number of benzene rings is 2. The number of nitrogens with zero attached hydrogens (tertiary/aromatic N) is 1. The van der Waals surface area contributed by atoms with Crippen molar-refractivity contribution in [3.63, 3.8) is 0 Å². The van der Waals surface area contributed by atoms with Crippen molar-refractivity contribution in [3.8, 4) is 5.75 Å². The Balaban J connectivity index is 1.67. The molecule has 2 unspecified atom stereocenters. The Morgan fingerprint density at radius 3 is 2.57 bits per heavy atom. The van der Waals surface area contributed by atoms with Crippen LogP contribution in [0.4, 0.5) is 4.39 Å². The minimum absolute atomic E-state index is 0.0366. The predicted molar refractivity (Wildman–Crippen MR) is 112 cm³/mol. The van der Waals surface area contributed by atoms with Gasteiger partial charge in [-0.15, -0.1) is 0 Å². The number of hydrogen-bond acceptors (Lipinski definition) is 6. The van der Waals surface area contributed by atoms with Crippen LogP contribution in [0.5, 0.6) is 5.75 Å². The molecule has 0 radical (unpaired) electrons. The van der Waals surface area contributed by atoms with Crippen molar-refractivity contribution in [3.05, 3.63) is 65.5 Å². The summed E-state index contributed by atoms with van der Waals surface area (Å²) in [7, 11) is -3.10. The number of sulfone groups is 1. The number of aliphatic hydroxyl groups excluding tert-OH is 1. The molecule has 2 aromatic rings. The molecule has 0 aliphatic carbocycles. The van der Waals surface area contributed by atoms with Gasteiger partial charge in [0.05, 0.1) is 17.1 Å². The SMILES string of the molecule is CC(=O)c1ccccc1OCC(O)CN(Cc1ccc(F)cc1)C1CCS(=O)(=O)C1. The van der Waals surface area contributed by atoms with E-state index in [1.165, 1.54) is 19.1 Å². The van der Waals surface area contributed by atoms with Crippen LogP contribution in [0.25, 0.3) is 0 Å². The average molecular weight is 436 g/mol. The van der Waals surface area contributed by atoms with E-state index in [-0.39, 0.29) is 42.3 Å². The number of carbonyl (C=O) groups is 1. The highest BCUT2D eigenvalue weighted by Gasteiger charge is 2.33. The lowest BCUT2D eigenvalue weighted by atomic mass is 10.1. The summed E-state index contributed by atoms with van der Waals surface area (Å²) in [5.41, 5.74) is 1.27. The highest BCUT2D eigenvalue weighted by Crippen LogP contribution is 2.22. The maximum Gasteiger partial charge on any atom is 0.163 e. The molecule has 8 heteroatoms. The van der Waals surface area contributed by atoms with E-state index in [0.717, 1.165) is 5.56 Å². The second kappa shape index (κ2) is 9.68. The van der Waals surface area contributed by atoms with Crippen molar-refractivity contribution >= 4 is 15.6 Å². The lowest BCUT2D eigenvalue weighted by Gasteiger charge is -2.30. The number of hydrogen-bond donors (Lipinski definition) is 1. The summed E-state index contributed by atoms with van der Waals surface area (Å²) in [5, 5.41) is 10.6. The first-order valence-corrected chi connectivity index (χ1v) is 11.7. The third-order valence-electron chi connectivity index (χ3n) is 5.17. The highest BCUT2D eigenvalue weighted by molar-refractivity contribution is 7.91. The van der Waals surface area contributed by atoms with Crippen LogP contribution in [0, 0.1) is 5.82 Å². The molecule has 162 valence electrons. The van der Waals surface area contributed by atoms with Gasteiger partial charge >= 0.3 is 0 Å². The molecule has 1 aliphatic heterocycles. The first-order chi connectivity index (χ1) is 14.2. The van der Waals surface area contributed by atoms with Gasteiger partial charge in [-0.3, -0.25) is 9.69 Å². The second-order valence-corrected chi connectivity index (χ2v) is 9.86. The van der Waals surface area contributed by atoms with Gasteiger partial charge in [0, 0.05) is 19.1 Å². The molecule has 2 aromatic carbocycles. The van der Waals surface area contributed by atoms with Gasteiger partial charge in [0.1, 0.15) is 24.3 Å². The van der Waals surface area contributed by atoms with Crippen LogP contribution in [0.15, 0.2) is 48.5 Å². The Bertz CT molecular complexity index is 977. The van der Waals surface area contributed by atoms with Gasteiger partial charge in [0.25, 0.3) is 0 Å². The quantitative estimate of drug-likeness (QED) is 0.609. The smallest absolute Gasteiger partial charge is 0.163 e. The van der Waals surface area contributed by atoms with E-state index < -0.39 is 15.9 Å². The summed E-state index contributed by atoms with van der Waals surface area (Å²) in [5.74, 6) is 0.0866. The standard InChI is InChI=1S/C22H26FNO5S/c1-16(25)21-4-2-3-5-22(21)29-14-20(26)13-24(19-10-11-30(27,28)15-19)12-17-6-8-18(23)9-7-17/h2-9,19-20,26H,10-15H2,1H3. The fraction of sp³-hybridized carbons (Fsp3) is 0.409. The Kier molecular flexibility index (Phi) is 7.23. The fourth-order valence-corrected chi connectivity index (χ4v) is 5.38. The van der Waals surface area contributed by atoms with Gasteiger partial charge < -0.3 is 9.84 Å². The molecule has 0 spiro atoms. The van der Waals surface area contributed by atoms with Gasteiger partial charge in [-0.2, -0.15) is 0 Å². The first kappa shape index (κ1) is 22.4. The van der Waals surface area contributed by atoms with E-state index in [4.69, 9.17) is 4.74 Å². The lowest BCUT2D eigenvalue weighted by molar-refractivity contribution is 0.0520. The van der Waals surface area contributed by atoms with Crippen molar-refractivity contribution < 1.29 is 27.4 Å². The summed E-state index contributed by atoms with van der Waals surface area (Å²) in [6, 6.07) is 12.6. The van der Waals surface area contributed by atoms with E-state index in [2.05, 4.69) is 0 Å². The van der Waals surface area contributed by atoms with Gasteiger partial charge in [-0.05, 0) is 43.2 Å². The van der Waals surface area contributed by atoms with E-state index in [1.807, 2.05) is 4.90 Å². The van der Waals surface area contributed by atoms with Crippen molar-refractivity contribution in [2.45, 2.75) is 32.0 Å². The van der Waals surface area contributed by atoms with Gasteiger partial charge in [-0.25, -0.2) is 12.8 Å². The normalized spacial score (nSPS) is 19.0. The largest absolute Gasteiger partial charge is 0.490 e. The van der Waals surface area contributed by atoms with Gasteiger partial charge in [-0.1, -0.05) is 24.3 Å². The number of ketones is 1. The molecule has 2 atom stereocenters. The predicted octanol–water partition coefficient (Wildman–Crippen LogP) is 2.46. The lowest BCUT2D eigenvalue weighted by Crippen LogP contribution is -2.42. The topological polar surface area (TPSA) is 83.9 Å². The summed E-state index contributed by atoms with van der Waals surface area (Å²) in [6.45, 7) is 1.99. The molecular weight excluding hydrogens is 409 g/mol. The van der Waals surface area contributed by atoms with Crippen LogP contribution < -0.4 is 4.74 Å². The number of halogens is 1. The third-order valence-corrected chi connectivity index (χ3v) is 6.92. The monoisotopic (exact) mass is 435 g/mol. The fourth-order valence-electron chi connectivity index (χ4n) is 3.62. The number of carbonyl (C=O) groups excluding carboxylic acids is 1. The number of rotatable bonds is 9. The van der Waals surface area contributed by atoms with Gasteiger partial charge in [0.15, 0.2) is 15.6 Å². The molecule has 0 amide bonds. The summed E-state index contributed by atoms with van der Waals surface area (Å²) in [6.07, 6.45) is -0.404. The summed E-state index contributed by atoms with van der Waals surface area (Å²) < 4.78 is 42.8. The van der Waals surface area contributed by atoms with Crippen LogP contribution >= 0.6 is 0 Å². The number of para-hydroxylation sites is 1. The Morgan fingerprint density at radius 1 is 1.23 bits per heavy atom. The molecule has 30 heavy (non-hydrogen) atoms. The molecule has 1 aliphatic rings. The molecular formula is C22H26FNO5S. The maximum absolute atomic E-state index is 13.2. The summed E-state index contributed by atoms with van der Waals surface area (Å²) in [4.78, 5) is 13.6. The molecule has 3 rings (SSSR count). The molecule has 1 heterocycles. The average Bonchev–Trinajstić information content (AvgIpc) is 3.07. The van der Waals surface area contributed by atoms with Crippen LogP contribution in [0.1, 0.15) is 29.3 Å². The molecule has 1 fully saturated rings. The van der Waals surface area contributed by atoms with Crippen LogP contribution in [0.3, 0.4) is 0 Å². The highest BCUT2D eigenvalue weighted by atomic mass is 32.2. The van der Waals surface area contributed by atoms with Gasteiger partial charge in [0.2, 0.25) is 0 Å². The minimum atomic E-state index is -3.10. The van der Waals surface area contributed by atoms with E-state index in [9.17, 15) is 22.7 Å². The van der Waals surface area contributed by atoms with E-state index in [1.54, 1.807) is 36.4 Å². The molecule has 0 bridgehead atoms. The Hall–Kier alpha value is -2.29. The summed E-state index contributed by atoms with van der Waals surface area (Å²) >= 11 is 0. The van der Waals surface area contributed by atoms with Crippen molar-refractivity contribution in [1.29, 1.82) is 0 Å². The van der Waals surface area contributed by atoms with E-state index in [0.29, 0.717) is 24.3 Å². The zero-order valence-corrected chi connectivity index (χ0v) is 17.6. The van der Waals surface area contributed by atoms with Crippen LogP contribution in [0.2, 0.25) is 0 Å². The van der Waals surface area contributed by atoms with E-state index >= 15 is 0 Å². The zero-order valence-electron chi connectivity index (χ0n) is 16.8. The van der Waals surface area contributed by atoms with Crippen molar-refractivity contribution in [1.82, 2.24) is 4.90 Å². The third kappa shape index (κ3) is 6.10. The Morgan fingerprint density at radius 2 is 1.93 bits per heavy atom. The van der Waals surface area contributed by atoms with Crippen molar-refractivity contribution in [2.24, 2.45) is 0 Å². The maximum atomic E-state index is 13.2. The molecule has 0 aromatic heterocycles. The molecule has 0 saturated carbocycles. The van der Waals surface area contributed by atoms with Crippen LogP contribution in [-0.4, -0.2) is 61.0 Å². The second-order valence-electron chi connectivity index (χ2n) is 7.63. The van der Waals surface area contributed by atoms with Crippen molar-refractivity contribution in [2.75, 3.05) is 24.7 Å². The first-order valence-electron chi connectivity index (χ1n) is 9.83. The number of ether oxygens (including phenoxy) is 1. The minimum Gasteiger partial charge on any atom is -0.490 e. The number of Topliss-reactive ketones (excluding diaryl/α,β-unsaturated/α-hetero) is 1. The zero-order chi connectivity index (χ0) is 21.7. The molecule has 6 nitrogen and oxygen atoms in total. The number of aliphatic hydroxyl groups is 1.